The largest absolute Gasteiger partial charge is 0.483 e. The zero-order chi connectivity index (χ0) is 15.4. The van der Waals surface area contributed by atoms with Crippen LogP contribution in [-0.2, 0) is 11.2 Å². The maximum atomic E-state index is 11.7. The highest BCUT2D eigenvalue weighted by Gasteiger charge is 2.12. The molecule has 3 N–H and O–H groups in total. The van der Waals surface area contributed by atoms with E-state index in [9.17, 15) is 9.59 Å². The standard InChI is InChI=1S/C15H18N2O4/c1-3-4-10-7-14(19)21-15-9(2)12(6-5-11(10)15)20-8-13(18)17-16/h5-7H,3-4,8,16H2,1-2H3,(H,17,18). The molecule has 0 aliphatic heterocycles. The van der Waals surface area contributed by atoms with Crippen molar-refractivity contribution in [3.05, 3.63) is 39.7 Å². The first-order valence-corrected chi connectivity index (χ1v) is 6.75. The zero-order valence-corrected chi connectivity index (χ0v) is 12.1. The molecule has 1 aromatic heterocycles. The molecule has 0 unspecified atom stereocenters. The van der Waals surface area contributed by atoms with Crippen LogP contribution >= 0.6 is 0 Å². The van der Waals surface area contributed by atoms with Crippen LogP contribution in [0.15, 0.2) is 27.4 Å². The van der Waals surface area contributed by atoms with Crippen molar-refractivity contribution >= 4 is 16.9 Å². The number of nitrogens with two attached hydrogens (primary N) is 1. The minimum absolute atomic E-state index is 0.193. The van der Waals surface area contributed by atoms with Gasteiger partial charge in [0.25, 0.3) is 5.91 Å². The Balaban J connectivity index is 2.46. The van der Waals surface area contributed by atoms with Gasteiger partial charge in [0.15, 0.2) is 6.61 Å². The van der Waals surface area contributed by atoms with Gasteiger partial charge in [-0.15, -0.1) is 0 Å². The second-order valence-electron chi connectivity index (χ2n) is 4.76. The van der Waals surface area contributed by atoms with Crippen molar-refractivity contribution in [2.75, 3.05) is 6.61 Å². The summed E-state index contributed by atoms with van der Waals surface area (Å²) < 4.78 is 10.7. The van der Waals surface area contributed by atoms with Crippen LogP contribution in [0, 0.1) is 6.92 Å². The summed E-state index contributed by atoms with van der Waals surface area (Å²) in [5.74, 6) is 5.05. The SMILES string of the molecule is CCCc1cc(=O)oc2c(C)c(OCC(=O)NN)ccc12. The topological polar surface area (TPSA) is 94.6 Å². The number of aryl methyl sites for hydroxylation is 2. The maximum Gasteiger partial charge on any atom is 0.336 e. The first-order valence-electron chi connectivity index (χ1n) is 6.75. The highest BCUT2D eigenvalue weighted by Crippen LogP contribution is 2.28. The van der Waals surface area contributed by atoms with Gasteiger partial charge in [0.1, 0.15) is 11.3 Å². The molecule has 0 spiro atoms. The van der Waals surface area contributed by atoms with Gasteiger partial charge in [-0.25, -0.2) is 10.6 Å². The summed E-state index contributed by atoms with van der Waals surface area (Å²) in [6.45, 7) is 3.65. The van der Waals surface area contributed by atoms with Crippen LogP contribution < -0.4 is 21.6 Å². The van der Waals surface area contributed by atoms with E-state index in [1.54, 1.807) is 13.0 Å². The summed E-state index contributed by atoms with van der Waals surface area (Å²) in [6.07, 6.45) is 1.74. The molecule has 0 radical (unpaired) electrons. The van der Waals surface area contributed by atoms with Gasteiger partial charge in [0.05, 0.1) is 0 Å². The highest BCUT2D eigenvalue weighted by atomic mass is 16.5. The summed E-state index contributed by atoms with van der Waals surface area (Å²) in [5.41, 5.74) is 3.75. The average Bonchev–Trinajstić information content (AvgIpc) is 2.47. The molecule has 0 aliphatic carbocycles. The molecule has 1 aromatic carbocycles. The summed E-state index contributed by atoms with van der Waals surface area (Å²) in [4.78, 5) is 22.8. The lowest BCUT2D eigenvalue weighted by atomic mass is 10.0. The van der Waals surface area contributed by atoms with Gasteiger partial charge in [-0.2, -0.15) is 0 Å². The van der Waals surface area contributed by atoms with Gasteiger partial charge in [0.2, 0.25) is 0 Å². The van der Waals surface area contributed by atoms with Crippen molar-refractivity contribution in [2.45, 2.75) is 26.7 Å². The van der Waals surface area contributed by atoms with Gasteiger partial charge in [-0.05, 0) is 31.0 Å². The smallest absolute Gasteiger partial charge is 0.336 e. The van der Waals surface area contributed by atoms with E-state index in [2.05, 4.69) is 6.92 Å². The van der Waals surface area contributed by atoms with E-state index in [1.807, 2.05) is 11.5 Å². The molecule has 0 saturated heterocycles. The number of nitrogens with one attached hydrogen (secondary N) is 1. The first kappa shape index (κ1) is 15.1. The molecular formula is C15H18N2O4. The fraction of sp³-hybridized carbons (Fsp3) is 0.333. The number of carbonyl (C=O) groups is 1. The van der Waals surface area contributed by atoms with E-state index in [0.29, 0.717) is 16.9 Å². The molecule has 0 saturated carbocycles. The predicted molar refractivity (Wildman–Crippen MR) is 79.0 cm³/mol. The van der Waals surface area contributed by atoms with Crippen LogP contribution in [-0.4, -0.2) is 12.5 Å². The lowest BCUT2D eigenvalue weighted by Crippen LogP contribution is -2.34. The normalized spacial score (nSPS) is 10.6. The Labute approximate surface area is 121 Å². The second kappa shape index (κ2) is 6.41. The van der Waals surface area contributed by atoms with Crippen molar-refractivity contribution in [1.29, 1.82) is 0 Å². The highest BCUT2D eigenvalue weighted by molar-refractivity contribution is 5.85. The minimum atomic E-state index is -0.435. The number of hydrazine groups is 1. The Morgan fingerprint density at radius 3 is 2.86 bits per heavy atom. The molecular weight excluding hydrogens is 272 g/mol. The third-order valence-corrected chi connectivity index (χ3v) is 3.24. The second-order valence-corrected chi connectivity index (χ2v) is 4.76. The van der Waals surface area contributed by atoms with Gasteiger partial charge < -0.3 is 9.15 Å². The van der Waals surface area contributed by atoms with E-state index in [1.165, 1.54) is 6.07 Å². The molecule has 21 heavy (non-hydrogen) atoms. The number of fused-ring (bicyclic) bond motifs is 1. The monoisotopic (exact) mass is 290 g/mol. The van der Waals surface area contributed by atoms with E-state index in [0.717, 1.165) is 23.8 Å². The van der Waals surface area contributed by atoms with Crippen LogP contribution in [0.5, 0.6) is 5.75 Å². The number of ether oxygens (including phenoxy) is 1. The molecule has 2 aromatic rings. The summed E-state index contributed by atoms with van der Waals surface area (Å²) in [7, 11) is 0. The quantitative estimate of drug-likeness (QED) is 0.376. The molecule has 112 valence electrons. The Morgan fingerprint density at radius 1 is 1.43 bits per heavy atom. The van der Waals surface area contributed by atoms with Crippen molar-refractivity contribution in [3.63, 3.8) is 0 Å². The summed E-state index contributed by atoms with van der Waals surface area (Å²) >= 11 is 0. The third-order valence-electron chi connectivity index (χ3n) is 3.24. The minimum Gasteiger partial charge on any atom is -0.483 e. The number of benzene rings is 1. The number of amides is 1. The first-order chi connectivity index (χ1) is 10.1. The van der Waals surface area contributed by atoms with Gasteiger partial charge in [-0.3, -0.25) is 10.2 Å². The number of rotatable bonds is 5. The number of carbonyl (C=O) groups excluding carboxylic acids is 1. The molecule has 0 aliphatic rings. The fourth-order valence-electron chi connectivity index (χ4n) is 2.23. The van der Waals surface area contributed by atoms with Crippen molar-refractivity contribution < 1.29 is 13.9 Å². The van der Waals surface area contributed by atoms with Crippen LogP contribution in [0.1, 0.15) is 24.5 Å². The van der Waals surface area contributed by atoms with Crippen LogP contribution in [0.3, 0.4) is 0 Å². The molecule has 0 atom stereocenters. The van der Waals surface area contributed by atoms with Crippen molar-refractivity contribution in [1.82, 2.24) is 5.43 Å². The Bertz CT molecular complexity index is 721. The van der Waals surface area contributed by atoms with E-state index >= 15 is 0 Å². The van der Waals surface area contributed by atoms with E-state index < -0.39 is 5.91 Å². The Hall–Kier alpha value is -2.34. The molecule has 0 bridgehead atoms. The van der Waals surface area contributed by atoms with E-state index in [-0.39, 0.29) is 12.2 Å². The van der Waals surface area contributed by atoms with Crippen molar-refractivity contribution in [2.24, 2.45) is 5.84 Å². The number of hydrogen-bond donors (Lipinski definition) is 2. The van der Waals surface area contributed by atoms with Crippen LogP contribution in [0.2, 0.25) is 0 Å². The Morgan fingerprint density at radius 2 is 2.19 bits per heavy atom. The van der Waals surface area contributed by atoms with Gasteiger partial charge in [0, 0.05) is 17.0 Å². The third kappa shape index (κ3) is 3.22. The molecule has 1 heterocycles. The predicted octanol–water partition coefficient (Wildman–Crippen LogP) is 1.42. The molecule has 0 fully saturated rings. The molecule has 6 nitrogen and oxygen atoms in total. The summed E-state index contributed by atoms with van der Waals surface area (Å²) in [5, 5.41) is 0.893. The van der Waals surface area contributed by atoms with Crippen LogP contribution in [0.4, 0.5) is 0 Å². The van der Waals surface area contributed by atoms with Gasteiger partial charge >= 0.3 is 5.63 Å². The lowest BCUT2D eigenvalue weighted by molar-refractivity contribution is -0.123. The summed E-state index contributed by atoms with van der Waals surface area (Å²) in [6, 6.07) is 5.13. The van der Waals surface area contributed by atoms with Crippen molar-refractivity contribution in [3.8, 4) is 5.75 Å². The zero-order valence-electron chi connectivity index (χ0n) is 12.1. The Kier molecular flexibility index (Phi) is 4.59. The number of hydrogen-bond acceptors (Lipinski definition) is 5. The average molecular weight is 290 g/mol. The fourth-order valence-corrected chi connectivity index (χ4v) is 2.23. The lowest BCUT2D eigenvalue weighted by Gasteiger charge is -2.11. The molecule has 6 heteroatoms. The molecule has 1 amide bonds. The maximum absolute atomic E-state index is 11.7. The van der Waals surface area contributed by atoms with Gasteiger partial charge in [-0.1, -0.05) is 13.3 Å². The van der Waals surface area contributed by atoms with Crippen LogP contribution in [0.25, 0.3) is 11.0 Å². The van der Waals surface area contributed by atoms with E-state index in [4.69, 9.17) is 15.0 Å². The molecule has 2 rings (SSSR count).